The van der Waals surface area contributed by atoms with Crippen LogP contribution in [-0.4, -0.2) is 23.1 Å². The van der Waals surface area contributed by atoms with Gasteiger partial charge < -0.3 is 10.1 Å². The van der Waals surface area contributed by atoms with E-state index in [1.54, 1.807) is 0 Å². The Bertz CT molecular complexity index is 408. The maximum atomic E-state index is 5.59. The molecule has 4 nitrogen and oxygen atoms in total. The number of rotatable bonds is 5. The van der Waals surface area contributed by atoms with Crippen LogP contribution in [0.25, 0.3) is 0 Å². The largest absolute Gasteiger partial charge is 0.473 e. The number of ether oxygens (including phenoxy) is 1. The molecular formula is C14H23N3O. The van der Waals surface area contributed by atoms with Crippen molar-refractivity contribution < 1.29 is 4.74 Å². The van der Waals surface area contributed by atoms with Gasteiger partial charge in [-0.1, -0.05) is 32.9 Å². The highest BCUT2D eigenvalue weighted by Crippen LogP contribution is 2.23. The second-order valence-electron chi connectivity index (χ2n) is 5.08. The van der Waals surface area contributed by atoms with E-state index in [-0.39, 0.29) is 5.41 Å². The number of aromatic nitrogens is 2. The van der Waals surface area contributed by atoms with Crippen LogP contribution in [0.1, 0.15) is 40.4 Å². The zero-order chi connectivity index (χ0) is 13.6. The van der Waals surface area contributed by atoms with Crippen molar-refractivity contribution in [2.24, 2.45) is 0 Å². The van der Waals surface area contributed by atoms with Crippen LogP contribution >= 0.6 is 0 Å². The molecule has 1 N–H and O–H groups in total. The molecule has 0 saturated heterocycles. The molecular weight excluding hydrogens is 226 g/mol. The molecule has 0 saturated carbocycles. The molecule has 100 valence electrons. The van der Waals surface area contributed by atoms with Gasteiger partial charge in [-0.05, 0) is 13.8 Å². The SMILES string of the molecule is C/C=C/COc1cc(NCC)nc(C(C)(C)C)n1. The normalized spacial score (nSPS) is 11.8. The van der Waals surface area contributed by atoms with Crippen LogP contribution < -0.4 is 10.1 Å². The monoisotopic (exact) mass is 249 g/mol. The Morgan fingerprint density at radius 3 is 2.61 bits per heavy atom. The Hall–Kier alpha value is -1.58. The predicted molar refractivity (Wildman–Crippen MR) is 75.2 cm³/mol. The van der Waals surface area contributed by atoms with Crippen molar-refractivity contribution in [3.8, 4) is 5.88 Å². The maximum absolute atomic E-state index is 5.59. The first-order valence-corrected chi connectivity index (χ1v) is 6.34. The smallest absolute Gasteiger partial charge is 0.219 e. The summed E-state index contributed by atoms with van der Waals surface area (Å²) < 4.78 is 5.59. The molecule has 1 rings (SSSR count). The molecule has 0 aliphatic rings. The average molecular weight is 249 g/mol. The minimum Gasteiger partial charge on any atom is -0.473 e. The summed E-state index contributed by atoms with van der Waals surface area (Å²) in [6.07, 6.45) is 3.91. The van der Waals surface area contributed by atoms with E-state index in [0.29, 0.717) is 12.5 Å². The summed E-state index contributed by atoms with van der Waals surface area (Å²) in [4.78, 5) is 8.95. The van der Waals surface area contributed by atoms with Gasteiger partial charge in [-0.3, -0.25) is 0 Å². The van der Waals surface area contributed by atoms with Crippen LogP contribution in [0.5, 0.6) is 5.88 Å². The van der Waals surface area contributed by atoms with Crippen molar-refractivity contribution in [3.05, 3.63) is 24.0 Å². The number of hydrogen-bond donors (Lipinski definition) is 1. The fraction of sp³-hybridized carbons (Fsp3) is 0.571. The van der Waals surface area contributed by atoms with Crippen LogP contribution in [0, 0.1) is 0 Å². The van der Waals surface area contributed by atoms with E-state index in [4.69, 9.17) is 4.74 Å². The van der Waals surface area contributed by atoms with E-state index in [1.807, 2.05) is 32.1 Å². The standard InChI is InChI=1S/C14H23N3O/c1-6-8-9-18-12-10-11(15-7-2)16-13(17-12)14(3,4)5/h6,8,10H,7,9H2,1-5H3,(H,15,16,17)/b8-6+. The van der Waals surface area contributed by atoms with Gasteiger partial charge in [0.2, 0.25) is 5.88 Å². The molecule has 0 amide bonds. The topological polar surface area (TPSA) is 47.0 Å². The molecule has 1 aromatic rings. The van der Waals surface area contributed by atoms with Gasteiger partial charge in [0.1, 0.15) is 18.2 Å². The molecule has 0 unspecified atom stereocenters. The first kappa shape index (κ1) is 14.5. The van der Waals surface area contributed by atoms with Gasteiger partial charge in [0.15, 0.2) is 0 Å². The highest BCUT2D eigenvalue weighted by molar-refractivity contribution is 5.39. The van der Waals surface area contributed by atoms with E-state index < -0.39 is 0 Å². The Morgan fingerprint density at radius 2 is 2.06 bits per heavy atom. The van der Waals surface area contributed by atoms with Crippen molar-refractivity contribution >= 4 is 5.82 Å². The summed E-state index contributed by atoms with van der Waals surface area (Å²) in [6, 6.07) is 1.84. The van der Waals surface area contributed by atoms with Crippen LogP contribution in [0.4, 0.5) is 5.82 Å². The van der Waals surface area contributed by atoms with E-state index >= 15 is 0 Å². The summed E-state index contributed by atoms with van der Waals surface area (Å²) in [6.45, 7) is 11.6. The first-order chi connectivity index (χ1) is 8.47. The van der Waals surface area contributed by atoms with Gasteiger partial charge in [0.25, 0.3) is 0 Å². The van der Waals surface area contributed by atoms with Crippen LogP contribution in [0.3, 0.4) is 0 Å². The number of nitrogens with one attached hydrogen (secondary N) is 1. The maximum Gasteiger partial charge on any atom is 0.219 e. The zero-order valence-corrected chi connectivity index (χ0v) is 11.9. The highest BCUT2D eigenvalue weighted by Gasteiger charge is 2.19. The quantitative estimate of drug-likeness (QED) is 0.814. The summed E-state index contributed by atoms with van der Waals surface area (Å²) in [5.41, 5.74) is -0.0931. The van der Waals surface area contributed by atoms with E-state index in [9.17, 15) is 0 Å². The van der Waals surface area contributed by atoms with Gasteiger partial charge in [-0.2, -0.15) is 4.98 Å². The molecule has 0 bridgehead atoms. The summed E-state index contributed by atoms with van der Waals surface area (Å²) in [7, 11) is 0. The zero-order valence-electron chi connectivity index (χ0n) is 11.9. The molecule has 18 heavy (non-hydrogen) atoms. The van der Waals surface area contributed by atoms with E-state index in [2.05, 4.69) is 36.1 Å². The Balaban J connectivity index is 2.98. The summed E-state index contributed by atoms with van der Waals surface area (Å²) in [5.74, 6) is 2.22. The van der Waals surface area contributed by atoms with Crippen molar-refractivity contribution in [3.63, 3.8) is 0 Å². The van der Waals surface area contributed by atoms with E-state index in [0.717, 1.165) is 18.2 Å². The second kappa shape index (κ2) is 6.38. The lowest BCUT2D eigenvalue weighted by atomic mass is 9.96. The lowest BCUT2D eigenvalue weighted by Gasteiger charge is -2.18. The first-order valence-electron chi connectivity index (χ1n) is 6.34. The average Bonchev–Trinajstić information content (AvgIpc) is 2.28. The van der Waals surface area contributed by atoms with Gasteiger partial charge >= 0.3 is 0 Å². The molecule has 1 aromatic heterocycles. The number of anilines is 1. The lowest BCUT2D eigenvalue weighted by Crippen LogP contribution is -2.18. The third kappa shape index (κ3) is 4.35. The minimum atomic E-state index is -0.0931. The van der Waals surface area contributed by atoms with Gasteiger partial charge in [0, 0.05) is 18.0 Å². The number of nitrogens with zero attached hydrogens (tertiary/aromatic N) is 2. The molecule has 0 aliphatic heterocycles. The third-order valence-electron chi connectivity index (χ3n) is 2.29. The molecule has 0 spiro atoms. The van der Waals surface area contributed by atoms with Gasteiger partial charge in [0.05, 0.1) is 0 Å². The predicted octanol–water partition coefficient (Wildman–Crippen LogP) is 3.16. The number of allylic oxidation sites excluding steroid dienone is 1. The molecule has 1 heterocycles. The summed E-state index contributed by atoms with van der Waals surface area (Å²) in [5, 5.41) is 3.20. The fourth-order valence-corrected chi connectivity index (χ4v) is 1.34. The molecule has 0 aromatic carbocycles. The summed E-state index contributed by atoms with van der Waals surface area (Å²) >= 11 is 0. The molecule has 0 fully saturated rings. The van der Waals surface area contributed by atoms with Crippen LogP contribution in [0.15, 0.2) is 18.2 Å². The van der Waals surface area contributed by atoms with Gasteiger partial charge in [-0.25, -0.2) is 4.98 Å². The molecule has 4 heteroatoms. The van der Waals surface area contributed by atoms with Gasteiger partial charge in [-0.15, -0.1) is 0 Å². The van der Waals surface area contributed by atoms with Crippen LogP contribution in [-0.2, 0) is 5.41 Å². The van der Waals surface area contributed by atoms with Crippen molar-refractivity contribution in [1.82, 2.24) is 9.97 Å². The molecule has 0 radical (unpaired) electrons. The molecule has 0 aliphatic carbocycles. The highest BCUT2D eigenvalue weighted by atomic mass is 16.5. The number of hydrogen-bond acceptors (Lipinski definition) is 4. The minimum absolute atomic E-state index is 0.0931. The van der Waals surface area contributed by atoms with E-state index in [1.165, 1.54) is 0 Å². The second-order valence-corrected chi connectivity index (χ2v) is 5.08. The molecule has 0 atom stereocenters. The third-order valence-corrected chi connectivity index (χ3v) is 2.29. The van der Waals surface area contributed by atoms with Crippen molar-refractivity contribution in [1.29, 1.82) is 0 Å². The van der Waals surface area contributed by atoms with Crippen molar-refractivity contribution in [2.45, 2.75) is 40.0 Å². The lowest BCUT2D eigenvalue weighted by molar-refractivity contribution is 0.343. The Labute approximate surface area is 109 Å². The Morgan fingerprint density at radius 1 is 1.33 bits per heavy atom. The Kier molecular flexibility index (Phi) is 5.13. The van der Waals surface area contributed by atoms with Crippen LogP contribution in [0.2, 0.25) is 0 Å². The fourth-order valence-electron chi connectivity index (χ4n) is 1.34. The van der Waals surface area contributed by atoms with Crippen molar-refractivity contribution in [2.75, 3.05) is 18.5 Å².